The van der Waals surface area contributed by atoms with Crippen LogP contribution in [0.15, 0.2) is 30.1 Å². The second kappa shape index (κ2) is 9.84. The summed E-state index contributed by atoms with van der Waals surface area (Å²) < 4.78 is 11.6. The largest absolute Gasteiger partial charge is 0.495 e. The number of nitrogens with zero attached hydrogens (tertiary/aromatic N) is 1. The molecule has 0 saturated carbocycles. The Morgan fingerprint density at radius 3 is 2.60 bits per heavy atom. The fourth-order valence-corrected chi connectivity index (χ4v) is 4.12. The second-order valence-electron chi connectivity index (χ2n) is 7.46. The molecule has 8 nitrogen and oxygen atoms in total. The van der Waals surface area contributed by atoms with Gasteiger partial charge in [-0.15, -0.1) is 0 Å². The number of carbonyl (C=O) groups is 2. The number of nitrogens with one attached hydrogen (secondary N) is 3. The molecule has 4 rings (SSSR count). The lowest BCUT2D eigenvalue weighted by molar-refractivity contribution is -0.122. The molecule has 1 aromatic carbocycles. The van der Waals surface area contributed by atoms with Crippen LogP contribution in [0.4, 0.5) is 11.4 Å². The first-order chi connectivity index (χ1) is 14.6. The van der Waals surface area contributed by atoms with Crippen LogP contribution in [0, 0.1) is 0 Å². The van der Waals surface area contributed by atoms with Crippen molar-refractivity contribution in [2.24, 2.45) is 0 Å². The van der Waals surface area contributed by atoms with E-state index >= 15 is 0 Å². The van der Waals surface area contributed by atoms with E-state index in [4.69, 9.17) is 9.47 Å². The van der Waals surface area contributed by atoms with Crippen molar-refractivity contribution in [2.45, 2.75) is 45.1 Å². The lowest BCUT2D eigenvalue weighted by Gasteiger charge is -2.40. The molecule has 3 aliphatic rings. The highest BCUT2D eigenvalue weighted by Gasteiger charge is 2.38. The standard InChI is InChI=1S/C20H26N4O4.C2H6/c1-27-16-11-14(22-17-12-18(25)21-13-19(26)23-17)3-4-15(16)24-8-6-20(7-9-24)5-2-10-28-20;1-2/h3-4,11-12,22H,2,5-10,13H2,1H3,(H,21,25)(H,23,26);1-2H3. The van der Waals surface area contributed by atoms with E-state index in [1.54, 1.807) is 7.11 Å². The molecule has 30 heavy (non-hydrogen) atoms. The lowest BCUT2D eigenvalue weighted by Crippen LogP contribution is -2.44. The monoisotopic (exact) mass is 416 g/mol. The topological polar surface area (TPSA) is 91.9 Å². The van der Waals surface area contributed by atoms with Gasteiger partial charge in [-0.25, -0.2) is 0 Å². The van der Waals surface area contributed by atoms with Crippen LogP contribution in [-0.4, -0.2) is 50.8 Å². The van der Waals surface area contributed by atoms with Crippen molar-refractivity contribution in [3.05, 3.63) is 30.1 Å². The van der Waals surface area contributed by atoms with Crippen LogP contribution in [0.3, 0.4) is 0 Å². The molecule has 8 heteroatoms. The number of ether oxygens (including phenoxy) is 2. The average Bonchev–Trinajstić information content (AvgIpc) is 3.15. The molecule has 3 aliphatic heterocycles. The van der Waals surface area contributed by atoms with Crippen molar-refractivity contribution in [3.63, 3.8) is 0 Å². The Balaban J connectivity index is 0.00000124. The Morgan fingerprint density at radius 2 is 1.93 bits per heavy atom. The number of hydrogen-bond donors (Lipinski definition) is 3. The molecular formula is C22H32N4O4. The van der Waals surface area contributed by atoms with Gasteiger partial charge in [0.2, 0.25) is 11.8 Å². The van der Waals surface area contributed by atoms with Crippen LogP contribution in [0.5, 0.6) is 5.75 Å². The van der Waals surface area contributed by atoms with Gasteiger partial charge in [-0.1, -0.05) is 13.8 Å². The summed E-state index contributed by atoms with van der Waals surface area (Å²) in [5, 5.41) is 8.24. The molecule has 2 saturated heterocycles. The van der Waals surface area contributed by atoms with E-state index in [0.29, 0.717) is 5.82 Å². The molecule has 3 heterocycles. The lowest BCUT2D eigenvalue weighted by atomic mass is 9.88. The molecule has 0 unspecified atom stereocenters. The van der Waals surface area contributed by atoms with Gasteiger partial charge in [-0.2, -0.15) is 0 Å². The van der Waals surface area contributed by atoms with Gasteiger partial charge in [0.1, 0.15) is 11.6 Å². The molecule has 0 bridgehead atoms. The molecule has 2 amide bonds. The Morgan fingerprint density at radius 1 is 1.17 bits per heavy atom. The van der Waals surface area contributed by atoms with E-state index in [1.807, 2.05) is 32.0 Å². The minimum absolute atomic E-state index is 0.0388. The molecule has 2 fully saturated rings. The molecule has 3 N–H and O–H groups in total. The number of benzene rings is 1. The van der Waals surface area contributed by atoms with Crippen molar-refractivity contribution >= 4 is 23.2 Å². The maximum absolute atomic E-state index is 11.7. The number of hydrogen-bond acceptors (Lipinski definition) is 6. The van der Waals surface area contributed by atoms with Gasteiger partial charge < -0.3 is 30.3 Å². The van der Waals surface area contributed by atoms with Gasteiger partial charge in [0.15, 0.2) is 0 Å². The zero-order valence-corrected chi connectivity index (χ0v) is 18.0. The normalized spacial score (nSPS) is 20.4. The first-order valence-corrected chi connectivity index (χ1v) is 10.7. The van der Waals surface area contributed by atoms with E-state index in [2.05, 4.69) is 20.9 Å². The summed E-state index contributed by atoms with van der Waals surface area (Å²) in [5.74, 6) is 0.497. The number of carbonyl (C=O) groups excluding carboxylic acids is 2. The highest BCUT2D eigenvalue weighted by atomic mass is 16.5. The molecule has 0 atom stereocenters. The number of anilines is 2. The van der Waals surface area contributed by atoms with Crippen LogP contribution in [0.2, 0.25) is 0 Å². The van der Waals surface area contributed by atoms with Crippen molar-refractivity contribution in [1.82, 2.24) is 10.6 Å². The maximum Gasteiger partial charge on any atom is 0.248 e. The quantitative estimate of drug-likeness (QED) is 0.698. The zero-order valence-electron chi connectivity index (χ0n) is 18.0. The minimum atomic E-state index is -0.319. The molecule has 0 aliphatic carbocycles. The second-order valence-corrected chi connectivity index (χ2v) is 7.46. The smallest absolute Gasteiger partial charge is 0.248 e. The molecular weight excluding hydrogens is 384 g/mol. The fraction of sp³-hybridized carbons (Fsp3) is 0.545. The predicted octanol–water partition coefficient (Wildman–Crippen LogP) is 2.37. The van der Waals surface area contributed by atoms with Crippen LogP contribution in [-0.2, 0) is 14.3 Å². The summed E-state index contributed by atoms with van der Waals surface area (Å²) in [6.45, 7) is 6.71. The summed E-state index contributed by atoms with van der Waals surface area (Å²) in [7, 11) is 1.65. The van der Waals surface area contributed by atoms with Gasteiger partial charge in [-0.05, 0) is 37.8 Å². The average molecular weight is 417 g/mol. The summed E-state index contributed by atoms with van der Waals surface area (Å²) >= 11 is 0. The molecule has 1 spiro atoms. The Kier molecular flexibility index (Phi) is 7.20. The highest BCUT2D eigenvalue weighted by Crippen LogP contribution is 2.39. The summed E-state index contributed by atoms with van der Waals surface area (Å²) in [4.78, 5) is 25.7. The Bertz CT molecular complexity index is 792. The Hall–Kier alpha value is -2.74. The third-order valence-electron chi connectivity index (χ3n) is 5.63. The first-order valence-electron chi connectivity index (χ1n) is 10.7. The van der Waals surface area contributed by atoms with Gasteiger partial charge in [0, 0.05) is 37.5 Å². The van der Waals surface area contributed by atoms with E-state index in [0.717, 1.165) is 62.5 Å². The molecule has 1 aromatic rings. The van der Waals surface area contributed by atoms with Gasteiger partial charge in [-0.3, -0.25) is 9.59 Å². The van der Waals surface area contributed by atoms with Crippen LogP contribution in [0.25, 0.3) is 0 Å². The zero-order chi connectivity index (χ0) is 21.6. The van der Waals surface area contributed by atoms with Crippen LogP contribution >= 0.6 is 0 Å². The maximum atomic E-state index is 11.7. The summed E-state index contributed by atoms with van der Waals surface area (Å²) in [6, 6.07) is 5.81. The Labute approximate surface area is 178 Å². The molecule has 164 valence electrons. The molecule has 0 radical (unpaired) electrons. The predicted molar refractivity (Wildman–Crippen MR) is 117 cm³/mol. The van der Waals surface area contributed by atoms with Crippen molar-refractivity contribution in [2.75, 3.05) is 43.6 Å². The van der Waals surface area contributed by atoms with Gasteiger partial charge in [0.25, 0.3) is 0 Å². The van der Waals surface area contributed by atoms with E-state index in [9.17, 15) is 9.59 Å². The number of methoxy groups -OCH3 is 1. The van der Waals surface area contributed by atoms with Gasteiger partial charge >= 0.3 is 0 Å². The summed E-state index contributed by atoms with van der Waals surface area (Å²) in [6.07, 6.45) is 5.72. The fourth-order valence-electron chi connectivity index (χ4n) is 4.12. The van der Waals surface area contributed by atoms with Crippen molar-refractivity contribution < 1.29 is 19.1 Å². The SMILES string of the molecule is CC.COc1cc(NC2=CC(=O)NCC(=O)N2)ccc1N1CCC2(CCCO2)CC1. The summed E-state index contributed by atoms with van der Waals surface area (Å²) in [5.41, 5.74) is 1.85. The van der Waals surface area contributed by atoms with Crippen molar-refractivity contribution in [3.8, 4) is 5.75 Å². The third-order valence-corrected chi connectivity index (χ3v) is 5.63. The van der Waals surface area contributed by atoms with E-state index in [-0.39, 0.29) is 24.0 Å². The molecule has 0 aromatic heterocycles. The van der Waals surface area contributed by atoms with E-state index in [1.165, 1.54) is 6.08 Å². The van der Waals surface area contributed by atoms with Gasteiger partial charge in [0.05, 0.1) is 24.9 Å². The first kappa shape index (κ1) is 22.0. The number of piperidine rings is 1. The number of rotatable bonds is 4. The van der Waals surface area contributed by atoms with Crippen LogP contribution in [0.1, 0.15) is 39.5 Å². The van der Waals surface area contributed by atoms with Crippen molar-refractivity contribution in [1.29, 1.82) is 0 Å². The highest BCUT2D eigenvalue weighted by molar-refractivity contribution is 5.95. The minimum Gasteiger partial charge on any atom is -0.495 e. The number of amides is 2. The van der Waals surface area contributed by atoms with Crippen LogP contribution < -0.4 is 25.6 Å². The van der Waals surface area contributed by atoms with E-state index < -0.39 is 0 Å². The third kappa shape index (κ3) is 5.05.